The molecule has 14 nitrogen and oxygen atoms in total. The molecule has 3 aromatic heterocycles. The molecule has 10 rings (SSSR count). The number of thiazole rings is 1. The van der Waals surface area contributed by atoms with Crippen LogP contribution < -0.4 is 15.6 Å². The summed E-state index contributed by atoms with van der Waals surface area (Å²) in [5.74, 6) is -3.35. The third-order valence-corrected chi connectivity index (χ3v) is 15.1. The van der Waals surface area contributed by atoms with Gasteiger partial charge in [0.2, 0.25) is 12.3 Å². The van der Waals surface area contributed by atoms with Gasteiger partial charge in [-0.3, -0.25) is 29.3 Å². The molecular formula is C47H58F2N8O6S. The zero-order valence-corrected chi connectivity index (χ0v) is 37.9. The topological polar surface area (TPSA) is 143 Å². The highest BCUT2D eigenvalue weighted by molar-refractivity contribution is 7.10. The van der Waals surface area contributed by atoms with Gasteiger partial charge in [0.15, 0.2) is 0 Å². The number of esters is 1. The number of piperazine rings is 1. The number of alkyl halides is 2. The van der Waals surface area contributed by atoms with Crippen molar-refractivity contribution in [1.29, 1.82) is 0 Å². The van der Waals surface area contributed by atoms with Crippen molar-refractivity contribution in [2.75, 3.05) is 64.6 Å². The van der Waals surface area contributed by atoms with Gasteiger partial charge >= 0.3 is 5.97 Å². The molecule has 1 aliphatic carbocycles. The minimum atomic E-state index is -2.61. The molecule has 6 atom stereocenters. The van der Waals surface area contributed by atoms with E-state index in [0.717, 1.165) is 97.0 Å². The quantitative estimate of drug-likeness (QED) is 0.226. The molecule has 1 aromatic carbocycles. The SMILES string of the molecule is CO[C@@H](C)c1ncc(N2CCN3CCOC[C@@H]3C2)cc1-c1c2c3cc(cc4c3n1CCC4)-c1csc(n1)C[C@H](NC(=O)[C@H]1C[C@@H]1C(F)F)C(=O)N1CCC[C@H](N1)C(=O)OCC(C)(C)C2. The monoisotopic (exact) mass is 900 g/mol. The highest BCUT2D eigenvalue weighted by atomic mass is 32.1. The second kappa shape index (κ2) is 17.3. The van der Waals surface area contributed by atoms with Gasteiger partial charge < -0.3 is 29.0 Å². The number of hydrazine groups is 1. The van der Waals surface area contributed by atoms with E-state index >= 15 is 0 Å². The fourth-order valence-corrected chi connectivity index (χ4v) is 11.4. The number of amides is 2. The van der Waals surface area contributed by atoms with E-state index in [4.69, 9.17) is 24.2 Å². The smallest absolute Gasteiger partial charge is 0.324 e. The normalized spacial score (nSPS) is 26.6. The first-order valence-corrected chi connectivity index (χ1v) is 23.8. The van der Waals surface area contributed by atoms with Gasteiger partial charge in [-0.05, 0) is 74.8 Å². The molecule has 6 bridgehead atoms. The number of carbonyl (C=O) groups excluding carboxylic acids is 3. The number of aromatic nitrogens is 3. The number of hydrogen-bond acceptors (Lipinski definition) is 12. The van der Waals surface area contributed by atoms with E-state index in [0.29, 0.717) is 43.5 Å². The molecule has 0 spiro atoms. The zero-order valence-electron chi connectivity index (χ0n) is 37.0. The van der Waals surface area contributed by atoms with Crippen molar-refractivity contribution in [1.82, 2.24) is 35.2 Å². The molecule has 5 aliphatic heterocycles. The van der Waals surface area contributed by atoms with Crippen LogP contribution in [-0.2, 0) is 54.4 Å². The summed E-state index contributed by atoms with van der Waals surface area (Å²) in [5.41, 5.74) is 11.8. The van der Waals surface area contributed by atoms with E-state index in [-0.39, 0.29) is 25.6 Å². The molecule has 4 fully saturated rings. The Kier molecular flexibility index (Phi) is 11.8. The van der Waals surface area contributed by atoms with Gasteiger partial charge in [-0.25, -0.2) is 19.2 Å². The number of cyclic esters (lactones) is 1. The predicted molar refractivity (Wildman–Crippen MR) is 238 cm³/mol. The summed E-state index contributed by atoms with van der Waals surface area (Å²) in [6.07, 6.45) is 2.64. The molecule has 342 valence electrons. The lowest BCUT2D eigenvalue weighted by atomic mass is 9.84. The lowest BCUT2D eigenvalue weighted by molar-refractivity contribution is -0.155. The number of aryl methyl sites for hydroxylation is 2. The van der Waals surface area contributed by atoms with Crippen LogP contribution in [0.5, 0.6) is 0 Å². The van der Waals surface area contributed by atoms with Crippen molar-refractivity contribution in [3.63, 3.8) is 0 Å². The maximum absolute atomic E-state index is 14.2. The van der Waals surface area contributed by atoms with Crippen LogP contribution in [0.3, 0.4) is 0 Å². The molecule has 2 amide bonds. The molecule has 0 unspecified atom stereocenters. The predicted octanol–water partition coefficient (Wildman–Crippen LogP) is 5.55. The Balaban J connectivity index is 1.09. The van der Waals surface area contributed by atoms with Crippen LogP contribution in [0.2, 0.25) is 0 Å². The Morgan fingerprint density at radius 2 is 1.97 bits per heavy atom. The highest BCUT2D eigenvalue weighted by Crippen LogP contribution is 2.46. The average Bonchev–Trinajstić information content (AvgIpc) is 3.90. The minimum Gasteiger partial charge on any atom is -0.464 e. The highest BCUT2D eigenvalue weighted by Gasteiger charge is 2.50. The summed E-state index contributed by atoms with van der Waals surface area (Å²) in [6.45, 7) is 12.7. The number of rotatable bonds is 7. The van der Waals surface area contributed by atoms with Gasteiger partial charge in [0.05, 0.1) is 71.5 Å². The van der Waals surface area contributed by atoms with Crippen LogP contribution in [-0.4, -0.2) is 126 Å². The van der Waals surface area contributed by atoms with Crippen LogP contribution in [0, 0.1) is 17.3 Å². The Morgan fingerprint density at radius 1 is 1.11 bits per heavy atom. The molecule has 8 heterocycles. The van der Waals surface area contributed by atoms with Gasteiger partial charge in [-0.2, -0.15) is 0 Å². The molecular weight excluding hydrogens is 843 g/mol. The third kappa shape index (κ3) is 8.31. The number of hydrogen-bond donors (Lipinski definition) is 2. The van der Waals surface area contributed by atoms with E-state index in [2.05, 4.69) is 57.2 Å². The lowest BCUT2D eigenvalue weighted by Crippen LogP contribution is -2.60. The van der Waals surface area contributed by atoms with Gasteiger partial charge in [0, 0.05) is 91.9 Å². The van der Waals surface area contributed by atoms with Crippen LogP contribution in [0.1, 0.15) is 74.4 Å². The number of nitrogens with zero attached hydrogens (tertiary/aromatic N) is 6. The minimum absolute atomic E-state index is 0.0658. The number of benzene rings is 1. The van der Waals surface area contributed by atoms with Gasteiger partial charge in [0.25, 0.3) is 5.91 Å². The first-order valence-electron chi connectivity index (χ1n) is 22.9. The Hall–Kier alpha value is -4.55. The van der Waals surface area contributed by atoms with Gasteiger partial charge in [0.1, 0.15) is 12.1 Å². The number of nitrogens with one attached hydrogen (secondary N) is 2. The number of ether oxygens (including phenoxy) is 3. The lowest BCUT2D eigenvalue weighted by Gasteiger charge is -2.44. The number of fused-ring (bicyclic) bond motifs is 7. The summed E-state index contributed by atoms with van der Waals surface area (Å²) in [5, 5.41) is 7.90. The standard InChI is InChI=1S/C47H58F2N8O6S/c1-26(61-4)40-34(17-29(21-50-40)55-12-11-54-13-14-62-23-30(54)22-55)42-35-20-47(2,3)25-63-46(60)36-8-6-10-57(53-36)45(59)37(52-44(58)33-18-32(33)43(48)49)19-39-51-38(24-64-39)28-15-27-7-5-9-56(42)41(27)31(35)16-28/h15-17,21,24,26,30,32-33,36-37,43,53H,5-14,18-20,22-23,25H2,1-4H3,(H,52,58)/t26-,30-,32-,33-,36-,37-/m0/s1. The molecule has 1 saturated carbocycles. The van der Waals surface area contributed by atoms with Crippen LogP contribution >= 0.6 is 11.3 Å². The number of anilines is 1. The first-order chi connectivity index (χ1) is 30.9. The molecule has 0 radical (unpaired) electrons. The van der Waals surface area contributed by atoms with E-state index < -0.39 is 53.5 Å². The zero-order chi connectivity index (χ0) is 44.4. The van der Waals surface area contributed by atoms with Crippen molar-refractivity contribution >= 4 is 45.7 Å². The maximum atomic E-state index is 14.2. The molecule has 64 heavy (non-hydrogen) atoms. The third-order valence-electron chi connectivity index (χ3n) is 14.2. The molecule has 4 aromatic rings. The second-order valence-electron chi connectivity index (χ2n) is 19.3. The number of methoxy groups -OCH3 is 1. The average molecular weight is 901 g/mol. The second-order valence-corrected chi connectivity index (χ2v) is 20.3. The summed E-state index contributed by atoms with van der Waals surface area (Å²) in [6, 6.07) is 5.22. The van der Waals surface area contributed by atoms with Crippen LogP contribution in [0.25, 0.3) is 33.4 Å². The number of halogens is 2. The first kappa shape index (κ1) is 43.3. The molecule has 2 N–H and O–H groups in total. The van der Waals surface area contributed by atoms with E-state index in [1.165, 1.54) is 27.4 Å². The summed E-state index contributed by atoms with van der Waals surface area (Å²) in [7, 11) is 1.72. The summed E-state index contributed by atoms with van der Waals surface area (Å²) in [4.78, 5) is 56.6. The molecule has 3 saturated heterocycles. The van der Waals surface area contributed by atoms with Crippen LogP contribution in [0.15, 0.2) is 29.8 Å². The Morgan fingerprint density at radius 3 is 2.78 bits per heavy atom. The van der Waals surface area contributed by atoms with E-state index in [1.807, 2.05) is 18.5 Å². The van der Waals surface area contributed by atoms with Crippen molar-refractivity contribution in [3.8, 4) is 22.5 Å². The number of morpholine rings is 1. The van der Waals surface area contributed by atoms with Crippen molar-refractivity contribution in [2.45, 2.75) is 103 Å². The number of carbonyl (C=O) groups is 3. The van der Waals surface area contributed by atoms with Crippen molar-refractivity contribution < 1.29 is 37.4 Å². The largest absolute Gasteiger partial charge is 0.464 e. The summed E-state index contributed by atoms with van der Waals surface area (Å²) >= 11 is 1.40. The van der Waals surface area contributed by atoms with Gasteiger partial charge in [-0.15, -0.1) is 11.3 Å². The fourth-order valence-electron chi connectivity index (χ4n) is 10.6. The molecule has 17 heteroatoms. The Labute approximate surface area is 376 Å². The molecule has 6 aliphatic rings. The van der Waals surface area contributed by atoms with Crippen LogP contribution in [0.4, 0.5) is 14.5 Å². The Bertz CT molecular complexity index is 2460. The van der Waals surface area contributed by atoms with E-state index in [9.17, 15) is 23.2 Å². The van der Waals surface area contributed by atoms with E-state index in [1.54, 1.807) is 7.11 Å². The number of pyridine rings is 1. The maximum Gasteiger partial charge on any atom is 0.324 e. The van der Waals surface area contributed by atoms with Gasteiger partial charge in [-0.1, -0.05) is 13.8 Å². The van der Waals surface area contributed by atoms with Crippen molar-refractivity contribution in [3.05, 3.63) is 51.6 Å². The summed E-state index contributed by atoms with van der Waals surface area (Å²) < 4.78 is 47.6. The van der Waals surface area contributed by atoms with Crippen molar-refractivity contribution in [2.24, 2.45) is 17.3 Å². The fraction of sp³-hybridized carbons (Fsp3) is 0.596.